The molecule has 12 heavy (non-hydrogen) atoms. The van der Waals surface area contributed by atoms with Crippen molar-refractivity contribution in [3.63, 3.8) is 0 Å². The monoisotopic (exact) mass is 210 g/mol. The second kappa shape index (κ2) is 5.28. The van der Waals surface area contributed by atoms with Crippen molar-refractivity contribution in [3.05, 3.63) is 0 Å². The molecule has 0 aliphatic rings. The van der Waals surface area contributed by atoms with Gasteiger partial charge in [0.25, 0.3) is 0 Å². The van der Waals surface area contributed by atoms with Crippen LogP contribution >= 0.6 is 25.5 Å². The minimum atomic E-state index is -1.19. The van der Waals surface area contributed by atoms with Crippen molar-refractivity contribution in [1.29, 1.82) is 0 Å². The topological polar surface area (TPSA) is 81.4 Å². The highest BCUT2D eigenvalue weighted by Crippen LogP contribution is 1.93. The van der Waals surface area contributed by atoms with Crippen LogP contribution in [-0.4, -0.2) is 23.3 Å². The first-order valence-corrected chi connectivity index (χ1v) is 3.96. The van der Waals surface area contributed by atoms with Gasteiger partial charge in [0.2, 0.25) is 5.91 Å². The molecule has 0 bridgehead atoms. The van der Waals surface area contributed by atoms with Gasteiger partial charge >= 0.3 is 5.97 Å². The third kappa shape index (κ3) is 3.84. The number of amides is 1. The normalized spacial score (nSPS) is 14.7. The predicted octanol–water partition coefficient (Wildman–Crippen LogP) is -0.906. The van der Waals surface area contributed by atoms with Crippen LogP contribution in [0.15, 0.2) is 0 Å². The molecule has 1 amide bonds. The Labute approximate surface area is 81.0 Å². The van der Waals surface area contributed by atoms with Crippen molar-refractivity contribution in [1.82, 2.24) is 5.32 Å². The Kier molecular flexibility index (Phi) is 5.11. The van der Waals surface area contributed by atoms with Gasteiger partial charge in [0, 0.05) is 12.9 Å². The minimum Gasteiger partial charge on any atom is -0.392 e. The third-order valence-corrected chi connectivity index (χ3v) is 1.44. The molecule has 0 rings (SSSR count). The van der Waals surface area contributed by atoms with E-state index in [4.69, 9.17) is 5.73 Å². The fraction of sp³-hybridized carbons (Fsp3) is 0.600. The molecule has 0 aliphatic heterocycles. The molecule has 0 aromatic heterocycles. The Morgan fingerprint density at radius 1 is 1.58 bits per heavy atom. The summed E-state index contributed by atoms with van der Waals surface area (Å²) in [5, 5.41) is 1.64. The molecule has 0 aliphatic carbocycles. The Morgan fingerprint density at radius 2 is 2.08 bits per heavy atom. The summed E-state index contributed by atoms with van der Waals surface area (Å²) < 4.78 is 3.98. The summed E-state index contributed by atoms with van der Waals surface area (Å²) >= 11 is 7.06. The van der Waals surface area contributed by atoms with Crippen LogP contribution in [0.4, 0.5) is 0 Å². The summed E-state index contributed by atoms with van der Waals surface area (Å²) in [7, 11) is 0. The first kappa shape index (κ1) is 11.6. The highest BCUT2D eigenvalue weighted by Gasteiger charge is 2.18. The van der Waals surface area contributed by atoms with Gasteiger partial charge in [-0.1, -0.05) is 0 Å². The van der Waals surface area contributed by atoms with E-state index in [0.717, 1.165) is 0 Å². The first-order valence-electron chi connectivity index (χ1n) is 3.08. The van der Waals surface area contributed by atoms with E-state index in [2.05, 4.69) is 35.0 Å². The molecule has 3 N–H and O–H groups in total. The summed E-state index contributed by atoms with van der Waals surface area (Å²) in [5.74, 6) is -1.26. The molecule has 0 aromatic rings. The molecule has 0 aromatic carbocycles. The Balaban J connectivity index is 3.92. The van der Waals surface area contributed by atoms with Crippen LogP contribution in [0.2, 0.25) is 0 Å². The molecular formula is C5H10N2O3S2. The van der Waals surface area contributed by atoms with E-state index in [-0.39, 0.29) is 0 Å². The van der Waals surface area contributed by atoms with Gasteiger partial charge in [0.15, 0.2) is 6.17 Å². The molecule has 0 spiro atoms. The summed E-state index contributed by atoms with van der Waals surface area (Å²) in [6.07, 6.45) is -1.19. The highest BCUT2D eigenvalue weighted by molar-refractivity contribution is 7.81. The number of carbonyl (C=O) groups is 2. The zero-order valence-electron chi connectivity index (χ0n) is 6.35. The summed E-state index contributed by atoms with van der Waals surface area (Å²) in [6.45, 7) is 1.55. The van der Waals surface area contributed by atoms with Crippen molar-refractivity contribution in [2.75, 3.05) is 0 Å². The predicted molar refractivity (Wildman–Crippen MR) is 49.6 cm³/mol. The number of nitrogens with one attached hydrogen (secondary N) is 1. The summed E-state index contributed by atoms with van der Waals surface area (Å²) in [5.41, 5.74) is 5.18. The zero-order chi connectivity index (χ0) is 9.72. The number of hydrogen-bond acceptors (Lipinski definition) is 6. The van der Waals surface area contributed by atoms with Gasteiger partial charge in [-0.3, -0.25) is 4.79 Å². The van der Waals surface area contributed by atoms with Gasteiger partial charge in [-0.15, -0.1) is 0 Å². The maximum absolute atomic E-state index is 10.9. The molecule has 0 radical (unpaired) electrons. The van der Waals surface area contributed by atoms with Crippen molar-refractivity contribution in [3.8, 4) is 0 Å². The largest absolute Gasteiger partial charge is 0.392 e. The summed E-state index contributed by atoms with van der Waals surface area (Å²) in [6, 6.07) is 0. The first-order chi connectivity index (χ1) is 5.49. The lowest BCUT2D eigenvalue weighted by atomic mass is 10.4. The van der Waals surface area contributed by atoms with Gasteiger partial charge in [0.05, 0.1) is 5.25 Å². The fourth-order valence-corrected chi connectivity index (χ4v) is 0.578. The van der Waals surface area contributed by atoms with Gasteiger partial charge in [-0.05, 0) is 6.92 Å². The Bertz CT molecular complexity index is 186. The van der Waals surface area contributed by atoms with E-state index in [0.29, 0.717) is 0 Å². The third-order valence-electron chi connectivity index (χ3n) is 1.02. The molecule has 0 fully saturated rings. The maximum Gasteiger partial charge on any atom is 0.355 e. The molecule has 0 heterocycles. The van der Waals surface area contributed by atoms with E-state index < -0.39 is 23.3 Å². The van der Waals surface area contributed by atoms with E-state index in [1.54, 1.807) is 6.92 Å². The van der Waals surface area contributed by atoms with Crippen LogP contribution in [-0.2, 0) is 13.8 Å². The second-order valence-electron chi connectivity index (χ2n) is 2.07. The molecule has 0 saturated heterocycles. The SMILES string of the molecule is CC(S)C(=O)NC(N)C(=O)OS. The number of nitrogens with two attached hydrogens (primary N) is 1. The molecule has 5 nitrogen and oxygen atoms in total. The molecule has 70 valence electrons. The van der Waals surface area contributed by atoms with Crippen LogP contribution in [0.5, 0.6) is 0 Å². The summed E-state index contributed by atoms with van der Waals surface area (Å²) in [4.78, 5) is 21.5. The van der Waals surface area contributed by atoms with Crippen molar-refractivity contribution >= 4 is 37.4 Å². The average Bonchev–Trinajstić information content (AvgIpc) is 2.02. The van der Waals surface area contributed by atoms with Crippen molar-refractivity contribution in [2.45, 2.75) is 18.3 Å². The fourth-order valence-electron chi connectivity index (χ4n) is 0.390. The maximum atomic E-state index is 10.9. The quantitative estimate of drug-likeness (QED) is 0.276. The highest BCUT2D eigenvalue weighted by atomic mass is 32.1. The number of thiol groups is 2. The van der Waals surface area contributed by atoms with Crippen LogP contribution in [0.25, 0.3) is 0 Å². The van der Waals surface area contributed by atoms with E-state index in [9.17, 15) is 9.59 Å². The minimum absolute atomic E-state index is 0.440. The number of hydrogen-bond donors (Lipinski definition) is 4. The van der Waals surface area contributed by atoms with Crippen LogP contribution < -0.4 is 11.1 Å². The standard InChI is InChI=1S/C5H10N2O3S2/c1-2(11)4(8)7-3(6)5(9)10-12/h2-3,11-12H,6H2,1H3,(H,7,8). The van der Waals surface area contributed by atoms with Gasteiger partial charge in [0.1, 0.15) is 0 Å². The molecule has 7 heteroatoms. The zero-order valence-corrected chi connectivity index (χ0v) is 8.14. The van der Waals surface area contributed by atoms with E-state index in [1.165, 1.54) is 0 Å². The van der Waals surface area contributed by atoms with Crippen LogP contribution in [0, 0.1) is 0 Å². The van der Waals surface area contributed by atoms with Crippen LogP contribution in [0.3, 0.4) is 0 Å². The second-order valence-corrected chi connectivity index (χ2v) is 3.03. The van der Waals surface area contributed by atoms with Crippen LogP contribution in [0.1, 0.15) is 6.92 Å². The van der Waals surface area contributed by atoms with Crippen molar-refractivity contribution in [2.24, 2.45) is 5.73 Å². The molecule has 2 unspecified atom stereocenters. The van der Waals surface area contributed by atoms with E-state index >= 15 is 0 Å². The van der Waals surface area contributed by atoms with E-state index in [1.807, 2.05) is 0 Å². The average molecular weight is 210 g/mol. The molecule has 2 atom stereocenters. The number of rotatable bonds is 3. The lowest BCUT2D eigenvalue weighted by Gasteiger charge is -2.11. The van der Waals surface area contributed by atoms with Gasteiger partial charge in [-0.25, -0.2) is 4.79 Å². The molecular weight excluding hydrogens is 200 g/mol. The smallest absolute Gasteiger partial charge is 0.355 e. The Morgan fingerprint density at radius 3 is 2.42 bits per heavy atom. The Hall–Kier alpha value is -0.400. The lowest BCUT2D eigenvalue weighted by molar-refractivity contribution is -0.137. The van der Waals surface area contributed by atoms with Gasteiger partial charge < -0.3 is 15.2 Å². The molecule has 0 saturated carbocycles. The lowest BCUT2D eigenvalue weighted by Crippen LogP contribution is -2.49. The number of carbonyl (C=O) groups excluding carboxylic acids is 2. The van der Waals surface area contributed by atoms with Crippen molar-refractivity contribution < 1.29 is 13.8 Å². The van der Waals surface area contributed by atoms with Gasteiger partial charge in [-0.2, -0.15) is 12.6 Å².